The summed E-state index contributed by atoms with van der Waals surface area (Å²) in [5.74, 6) is 0.820. The van der Waals surface area contributed by atoms with Crippen molar-refractivity contribution >= 4 is 11.7 Å². The Hall–Kier alpha value is -2.61. The van der Waals surface area contributed by atoms with Crippen molar-refractivity contribution in [2.75, 3.05) is 25.0 Å². The number of anilines is 1. The Balaban J connectivity index is 1.65. The lowest BCUT2D eigenvalue weighted by Crippen LogP contribution is -2.40. The van der Waals surface area contributed by atoms with Gasteiger partial charge in [-0.2, -0.15) is 0 Å². The van der Waals surface area contributed by atoms with Crippen LogP contribution in [0.15, 0.2) is 18.6 Å². The molecule has 1 fully saturated rings. The van der Waals surface area contributed by atoms with Gasteiger partial charge in [-0.3, -0.25) is 14.8 Å². The van der Waals surface area contributed by atoms with E-state index < -0.39 is 0 Å². The first-order valence-corrected chi connectivity index (χ1v) is 9.31. The summed E-state index contributed by atoms with van der Waals surface area (Å²) in [5, 5.41) is 6.28. The van der Waals surface area contributed by atoms with Gasteiger partial charge in [-0.1, -0.05) is 0 Å². The van der Waals surface area contributed by atoms with Crippen LogP contribution >= 0.6 is 0 Å². The average molecular weight is 369 g/mol. The minimum atomic E-state index is -0.259. The van der Waals surface area contributed by atoms with Crippen molar-refractivity contribution in [3.05, 3.63) is 41.4 Å². The van der Waals surface area contributed by atoms with Crippen molar-refractivity contribution < 1.29 is 4.79 Å². The van der Waals surface area contributed by atoms with E-state index in [0.717, 1.165) is 48.7 Å². The molecule has 2 N–H and O–H groups in total. The topological polar surface area (TPSA) is 95.9 Å². The van der Waals surface area contributed by atoms with Crippen LogP contribution < -0.4 is 15.5 Å². The van der Waals surface area contributed by atoms with E-state index in [1.807, 2.05) is 20.0 Å². The molecular formula is C19H27N7O. The van der Waals surface area contributed by atoms with Crippen molar-refractivity contribution in [2.45, 2.75) is 45.7 Å². The molecule has 0 spiro atoms. The van der Waals surface area contributed by atoms with Crippen LogP contribution in [-0.4, -0.2) is 58.1 Å². The van der Waals surface area contributed by atoms with Gasteiger partial charge in [-0.05, 0) is 27.2 Å². The molecule has 0 bridgehead atoms. The number of aryl methyl sites for hydroxylation is 1. The molecule has 0 aliphatic carbocycles. The molecule has 1 amide bonds. The highest BCUT2D eigenvalue weighted by Gasteiger charge is 2.27. The number of carbonyl (C=O) groups excluding carboxylic acids is 1. The van der Waals surface area contributed by atoms with Crippen molar-refractivity contribution in [3.8, 4) is 0 Å². The van der Waals surface area contributed by atoms with Crippen molar-refractivity contribution in [1.82, 2.24) is 30.6 Å². The van der Waals surface area contributed by atoms with Gasteiger partial charge in [-0.25, -0.2) is 9.97 Å². The summed E-state index contributed by atoms with van der Waals surface area (Å²) in [7, 11) is 1.59. The third-order valence-electron chi connectivity index (χ3n) is 4.93. The maximum absolute atomic E-state index is 11.9. The first-order valence-electron chi connectivity index (χ1n) is 9.31. The molecule has 3 heterocycles. The molecule has 3 rings (SSSR count). The molecule has 1 aliphatic rings. The Morgan fingerprint density at radius 3 is 2.85 bits per heavy atom. The molecule has 2 aromatic heterocycles. The maximum atomic E-state index is 11.9. The first-order chi connectivity index (χ1) is 13.0. The summed E-state index contributed by atoms with van der Waals surface area (Å²) in [6.45, 7) is 7.86. The van der Waals surface area contributed by atoms with Crippen LogP contribution in [0.4, 0.5) is 5.82 Å². The van der Waals surface area contributed by atoms with Crippen LogP contribution in [0, 0.1) is 13.8 Å². The van der Waals surface area contributed by atoms with Crippen LogP contribution in [0.5, 0.6) is 0 Å². The molecule has 1 aliphatic heterocycles. The minimum absolute atomic E-state index is 0.225. The van der Waals surface area contributed by atoms with Crippen molar-refractivity contribution in [3.63, 3.8) is 0 Å². The zero-order valence-corrected chi connectivity index (χ0v) is 16.4. The van der Waals surface area contributed by atoms with Crippen LogP contribution in [-0.2, 0) is 6.42 Å². The van der Waals surface area contributed by atoms with Gasteiger partial charge in [0.1, 0.15) is 5.82 Å². The van der Waals surface area contributed by atoms with Gasteiger partial charge in [0.15, 0.2) is 0 Å². The number of rotatable bonds is 6. The number of hydrogen-bond donors (Lipinski definition) is 2. The maximum Gasteiger partial charge on any atom is 0.288 e. The van der Waals surface area contributed by atoms with Gasteiger partial charge >= 0.3 is 0 Å². The number of nitrogens with one attached hydrogen (secondary N) is 2. The SMILES string of the molecule is CNC(=O)c1nc(C)c(C)c(N2CC[C@@H](NC(C)Cc3cnccn3)C2)n1. The molecule has 2 atom stereocenters. The Kier molecular flexibility index (Phi) is 5.95. The van der Waals surface area contributed by atoms with E-state index >= 15 is 0 Å². The second-order valence-corrected chi connectivity index (χ2v) is 7.06. The standard InChI is InChI=1S/C19H27N7O/c1-12(9-16-10-21-6-7-22-16)23-15-5-8-26(11-15)18-13(2)14(3)24-17(25-18)19(27)20-4/h6-7,10,12,15,23H,5,8-9,11H2,1-4H3,(H,20,27)/t12?,15-/m1/s1. The number of nitrogens with zero attached hydrogens (tertiary/aromatic N) is 5. The molecule has 0 saturated carbocycles. The van der Waals surface area contributed by atoms with E-state index in [-0.39, 0.29) is 11.7 Å². The predicted octanol–water partition coefficient (Wildman–Crippen LogP) is 1.04. The normalized spacial score (nSPS) is 17.8. The number of aromatic nitrogens is 4. The van der Waals surface area contributed by atoms with E-state index in [0.29, 0.717) is 12.1 Å². The molecule has 0 radical (unpaired) electrons. The van der Waals surface area contributed by atoms with E-state index in [1.54, 1.807) is 19.4 Å². The molecule has 1 saturated heterocycles. The zero-order valence-electron chi connectivity index (χ0n) is 16.4. The number of hydrogen-bond acceptors (Lipinski definition) is 7. The molecule has 144 valence electrons. The largest absolute Gasteiger partial charge is 0.355 e. The van der Waals surface area contributed by atoms with Crippen molar-refractivity contribution in [2.24, 2.45) is 0 Å². The second-order valence-electron chi connectivity index (χ2n) is 7.06. The smallest absolute Gasteiger partial charge is 0.288 e. The van der Waals surface area contributed by atoms with E-state index in [2.05, 4.69) is 42.4 Å². The second kappa shape index (κ2) is 8.39. The number of carbonyl (C=O) groups is 1. The summed E-state index contributed by atoms with van der Waals surface area (Å²) < 4.78 is 0. The molecular weight excluding hydrogens is 342 g/mol. The van der Waals surface area contributed by atoms with Crippen LogP contribution in [0.2, 0.25) is 0 Å². The Morgan fingerprint density at radius 1 is 1.33 bits per heavy atom. The highest BCUT2D eigenvalue weighted by molar-refractivity contribution is 5.90. The van der Waals surface area contributed by atoms with Crippen LogP contribution in [0.1, 0.15) is 40.9 Å². The van der Waals surface area contributed by atoms with Crippen LogP contribution in [0.3, 0.4) is 0 Å². The van der Waals surface area contributed by atoms with Crippen LogP contribution in [0.25, 0.3) is 0 Å². The molecule has 0 aromatic carbocycles. The highest BCUT2D eigenvalue weighted by atomic mass is 16.2. The average Bonchev–Trinajstić information content (AvgIpc) is 3.12. The molecule has 1 unspecified atom stereocenters. The van der Waals surface area contributed by atoms with Gasteiger partial charge < -0.3 is 15.5 Å². The quantitative estimate of drug-likeness (QED) is 0.785. The third kappa shape index (κ3) is 4.57. The third-order valence-corrected chi connectivity index (χ3v) is 4.93. The summed E-state index contributed by atoms with van der Waals surface area (Å²) in [6, 6.07) is 0.677. The van der Waals surface area contributed by atoms with Gasteiger partial charge in [0.2, 0.25) is 5.82 Å². The van der Waals surface area contributed by atoms with E-state index in [1.165, 1.54) is 0 Å². The van der Waals surface area contributed by atoms with Gasteiger partial charge in [0.05, 0.1) is 5.69 Å². The summed E-state index contributed by atoms with van der Waals surface area (Å²) in [4.78, 5) is 31.5. The summed E-state index contributed by atoms with van der Waals surface area (Å²) >= 11 is 0. The fourth-order valence-electron chi connectivity index (χ4n) is 3.43. The van der Waals surface area contributed by atoms with E-state index in [4.69, 9.17) is 0 Å². The Labute approximate surface area is 159 Å². The monoisotopic (exact) mass is 369 g/mol. The Morgan fingerprint density at radius 2 is 2.15 bits per heavy atom. The lowest BCUT2D eigenvalue weighted by atomic mass is 10.1. The predicted molar refractivity (Wildman–Crippen MR) is 104 cm³/mol. The molecule has 27 heavy (non-hydrogen) atoms. The van der Waals surface area contributed by atoms with Gasteiger partial charge in [0, 0.05) is 68.5 Å². The van der Waals surface area contributed by atoms with Gasteiger partial charge in [0.25, 0.3) is 5.91 Å². The summed E-state index contributed by atoms with van der Waals surface area (Å²) in [5.41, 5.74) is 2.85. The number of amides is 1. The lowest BCUT2D eigenvalue weighted by molar-refractivity contribution is 0.0952. The van der Waals surface area contributed by atoms with E-state index in [9.17, 15) is 4.79 Å². The molecule has 2 aromatic rings. The zero-order chi connectivity index (χ0) is 19.4. The fourth-order valence-corrected chi connectivity index (χ4v) is 3.43. The minimum Gasteiger partial charge on any atom is -0.355 e. The lowest BCUT2D eigenvalue weighted by Gasteiger charge is -2.23. The Bertz CT molecular complexity index is 796. The van der Waals surface area contributed by atoms with Crippen molar-refractivity contribution in [1.29, 1.82) is 0 Å². The van der Waals surface area contributed by atoms with Gasteiger partial charge in [-0.15, -0.1) is 0 Å². The first kappa shape index (κ1) is 19.2. The highest BCUT2D eigenvalue weighted by Crippen LogP contribution is 2.24. The fraction of sp³-hybridized carbons (Fsp3) is 0.526. The summed E-state index contributed by atoms with van der Waals surface area (Å²) in [6.07, 6.45) is 7.10. The molecule has 8 heteroatoms. The molecule has 8 nitrogen and oxygen atoms in total.